The summed E-state index contributed by atoms with van der Waals surface area (Å²) in [6.45, 7) is 0.617. The summed E-state index contributed by atoms with van der Waals surface area (Å²) in [5.41, 5.74) is 1.56. The number of hydrogen-bond acceptors (Lipinski definition) is 2. The van der Waals surface area contributed by atoms with Crippen LogP contribution in [0.1, 0.15) is 24.8 Å². The number of benzene rings is 1. The van der Waals surface area contributed by atoms with Crippen LogP contribution >= 0.6 is 15.9 Å². The fourth-order valence-electron chi connectivity index (χ4n) is 1.92. The summed E-state index contributed by atoms with van der Waals surface area (Å²) in [5.74, 6) is -0.188. The quantitative estimate of drug-likeness (QED) is 0.776. The first kappa shape index (κ1) is 12.4. The Balaban J connectivity index is 2.20. The second kappa shape index (κ2) is 5.50. The molecule has 0 bridgehead atoms. The van der Waals surface area contributed by atoms with E-state index < -0.39 is 0 Å². The third-order valence-electron chi connectivity index (χ3n) is 2.93. The molecule has 0 aromatic heterocycles. The molecule has 4 heteroatoms. The summed E-state index contributed by atoms with van der Waals surface area (Å²) in [5, 5.41) is 9.30. The molecule has 2 nitrogen and oxygen atoms in total. The standard InChI is InChI=1S/C13H14BrFN2/c14-9-10-2-5-13(12(15)8-10)17(7-1-6-16)11-3-4-11/h2,5,8,11H,1,3-4,7,9H2. The van der Waals surface area contributed by atoms with Crippen LogP contribution in [0, 0.1) is 17.1 Å². The molecule has 1 aliphatic carbocycles. The topological polar surface area (TPSA) is 27.0 Å². The van der Waals surface area contributed by atoms with Crippen LogP contribution < -0.4 is 4.90 Å². The summed E-state index contributed by atoms with van der Waals surface area (Å²) < 4.78 is 14.0. The third kappa shape index (κ3) is 2.98. The lowest BCUT2D eigenvalue weighted by molar-refractivity contribution is 0.614. The second-order valence-electron chi connectivity index (χ2n) is 4.25. The summed E-state index contributed by atoms with van der Waals surface area (Å²) in [4.78, 5) is 2.02. The first-order valence-corrected chi connectivity index (χ1v) is 6.86. The van der Waals surface area contributed by atoms with Gasteiger partial charge in [0, 0.05) is 17.9 Å². The Hall–Kier alpha value is -1.08. The van der Waals surface area contributed by atoms with Gasteiger partial charge in [0.2, 0.25) is 0 Å². The highest BCUT2D eigenvalue weighted by Crippen LogP contribution is 2.33. The van der Waals surface area contributed by atoms with Gasteiger partial charge in [-0.2, -0.15) is 5.26 Å². The fourth-order valence-corrected chi connectivity index (χ4v) is 2.27. The Morgan fingerprint density at radius 2 is 2.24 bits per heavy atom. The van der Waals surface area contributed by atoms with Crippen molar-refractivity contribution in [3.63, 3.8) is 0 Å². The zero-order chi connectivity index (χ0) is 12.3. The van der Waals surface area contributed by atoms with Crippen LogP contribution in [0.5, 0.6) is 0 Å². The van der Waals surface area contributed by atoms with E-state index in [0.29, 0.717) is 30.0 Å². The lowest BCUT2D eigenvalue weighted by Gasteiger charge is -2.24. The van der Waals surface area contributed by atoms with Crippen LogP contribution in [0.3, 0.4) is 0 Å². The zero-order valence-corrected chi connectivity index (χ0v) is 11.1. The molecule has 1 aliphatic rings. The molecular weight excluding hydrogens is 283 g/mol. The SMILES string of the molecule is N#CCCN(c1ccc(CBr)cc1F)C1CC1. The van der Waals surface area contributed by atoms with Crippen LogP contribution in [-0.2, 0) is 5.33 Å². The molecule has 0 amide bonds. The van der Waals surface area contributed by atoms with Crippen molar-refractivity contribution in [2.75, 3.05) is 11.4 Å². The number of halogens is 2. The lowest BCUT2D eigenvalue weighted by atomic mass is 10.2. The van der Waals surface area contributed by atoms with E-state index in [-0.39, 0.29) is 5.82 Å². The van der Waals surface area contributed by atoms with Crippen molar-refractivity contribution >= 4 is 21.6 Å². The molecular formula is C13H14BrFN2. The highest BCUT2D eigenvalue weighted by atomic mass is 79.9. The maximum atomic E-state index is 14.0. The van der Waals surface area contributed by atoms with Crippen molar-refractivity contribution in [1.29, 1.82) is 5.26 Å². The van der Waals surface area contributed by atoms with Gasteiger partial charge in [0.25, 0.3) is 0 Å². The number of rotatable bonds is 5. The predicted octanol–water partition coefficient (Wildman–Crippen LogP) is 3.60. The second-order valence-corrected chi connectivity index (χ2v) is 4.81. The van der Waals surface area contributed by atoms with Crippen LogP contribution in [0.2, 0.25) is 0 Å². The van der Waals surface area contributed by atoms with Gasteiger partial charge in [-0.15, -0.1) is 0 Å². The molecule has 0 saturated heterocycles. The van der Waals surface area contributed by atoms with Crippen molar-refractivity contribution in [2.24, 2.45) is 0 Å². The minimum atomic E-state index is -0.188. The number of nitriles is 1. The van der Waals surface area contributed by atoms with Crippen molar-refractivity contribution in [1.82, 2.24) is 0 Å². The summed E-state index contributed by atoms with van der Waals surface area (Å²) in [7, 11) is 0. The average Bonchev–Trinajstić information content (AvgIpc) is 3.15. The van der Waals surface area contributed by atoms with Crippen LogP contribution in [-0.4, -0.2) is 12.6 Å². The van der Waals surface area contributed by atoms with E-state index in [4.69, 9.17) is 5.26 Å². The van der Waals surface area contributed by atoms with Gasteiger partial charge in [-0.1, -0.05) is 22.0 Å². The van der Waals surface area contributed by atoms with E-state index in [0.717, 1.165) is 18.4 Å². The molecule has 0 unspecified atom stereocenters. The van der Waals surface area contributed by atoms with E-state index in [1.807, 2.05) is 17.0 Å². The molecule has 90 valence electrons. The molecule has 0 radical (unpaired) electrons. The van der Waals surface area contributed by atoms with Crippen LogP contribution in [0.25, 0.3) is 0 Å². The number of hydrogen-bond donors (Lipinski definition) is 0. The molecule has 0 spiro atoms. The molecule has 0 aliphatic heterocycles. The Morgan fingerprint density at radius 3 is 2.76 bits per heavy atom. The minimum absolute atomic E-state index is 0.188. The Morgan fingerprint density at radius 1 is 1.47 bits per heavy atom. The Labute approximate surface area is 109 Å². The normalized spacial score (nSPS) is 14.4. The van der Waals surface area contributed by atoms with Gasteiger partial charge in [0.1, 0.15) is 5.82 Å². The van der Waals surface area contributed by atoms with Gasteiger partial charge in [-0.3, -0.25) is 0 Å². The summed E-state index contributed by atoms with van der Waals surface area (Å²) in [6, 6.07) is 7.85. The molecule has 0 heterocycles. The Bertz CT molecular complexity index is 438. The molecule has 2 rings (SSSR count). The van der Waals surface area contributed by atoms with E-state index >= 15 is 0 Å². The van der Waals surface area contributed by atoms with Gasteiger partial charge in [0.15, 0.2) is 0 Å². The van der Waals surface area contributed by atoms with Gasteiger partial charge < -0.3 is 4.90 Å². The first-order valence-electron chi connectivity index (χ1n) is 5.74. The number of nitrogens with zero attached hydrogens (tertiary/aromatic N) is 2. The van der Waals surface area contributed by atoms with Crippen molar-refractivity contribution in [3.8, 4) is 6.07 Å². The molecule has 1 fully saturated rings. The van der Waals surface area contributed by atoms with E-state index in [2.05, 4.69) is 22.0 Å². The van der Waals surface area contributed by atoms with E-state index in [1.165, 1.54) is 0 Å². The van der Waals surface area contributed by atoms with Crippen molar-refractivity contribution < 1.29 is 4.39 Å². The van der Waals surface area contributed by atoms with Gasteiger partial charge >= 0.3 is 0 Å². The minimum Gasteiger partial charge on any atom is -0.365 e. The third-order valence-corrected chi connectivity index (χ3v) is 3.58. The zero-order valence-electron chi connectivity index (χ0n) is 9.50. The average molecular weight is 297 g/mol. The van der Waals surface area contributed by atoms with Crippen LogP contribution in [0.4, 0.5) is 10.1 Å². The molecule has 17 heavy (non-hydrogen) atoms. The predicted molar refractivity (Wildman–Crippen MR) is 69.6 cm³/mol. The largest absolute Gasteiger partial charge is 0.365 e. The molecule has 0 atom stereocenters. The summed E-state index contributed by atoms with van der Waals surface area (Å²) >= 11 is 3.31. The van der Waals surface area contributed by atoms with E-state index in [9.17, 15) is 4.39 Å². The van der Waals surface area contributed by atoms with Gasteiger partial charge in [0.05, 0.1) is 18.2 Å². The number of alkyl halides is 1. The van der Waals surface area contributed by atoms with Gasteiger partial charge in [-0.25, -0.2) is 4.39 Å². The van der Waals surface area contributed by atoms with Gasteiger partial charge in [-0.05, 0) is 30.5 Å². The highest BCUT2D eigenvalue weighted by molar-refractivity contribution is 9.08. The Kier molecular flexibility index (Phi) is 4.01. The van der Waals surface area contributed by atoms with Crippen molar-refractivity contribution in [2.45, 2.75) is 30.6 Å². The molecule has 1 aromatic rings. The lowest BCUT2D eigenvalue weighted by Crippen LogP contribution is -2.27. The maximum Gasteiger partial charge on any atom is 0.146 e. The van der Waals surface area contributed by atoms with Crippen molar-refractivity contribution in [3.05, 3.63) is 29.6 Å². The number of anilines is 1. The van der Waals surface area contributed by atoms with E-state index in [1.54, 1.807) is 6.07 Å². The highest BCUT2D eigenvalue weighted by Gasteiger charge is 2.30. The van der Waals surface area contributed by atoms with Crippen LogP contribution in [0.15, 0.2) is 18.2 Å². The summed E-state index contributed by atoms with van der Waals surface area (Å²) in [6.07, 6.45) is 2.65. The monoisotopic (exact) mass is 296 g/mol. The maximum absolute atomic E-state index is 14.0. The fraction of sp³-hybridized carbons (Fsp3) is 0.462. The molecule has 1 saturated carbocycles. The first-order chi connectivity index (χ1) is 8.26. The molecule has 0 N–H and O–H groups in total. The smallest absolute Gasteiger partial charge is 0.146 e. The molecule has 1 aromatic carbocycles.